The van der Waals surface area contributed by atoms with Crippen LogP contribution in [0.15, 0.2) is 90.0 Å². The van der Waals surface area contributed by atoms with Gasteiger partial charge in [0.2, 0.25) is 10.0 Å². The number of carboxylic acid groups (broad SMARTS) is 1. The third-order valence-corrected chi connectivity index (χ3v) is 8.77. The fourth-order valence-corrected chi connectivity index (χ4v) is 6.25. The fourth-order valence-electron chi connectivity index (χ4n) is 5.06. The highest BCUT2D eigenvalue weighted by Crippen LogP contribution is 2.23. The van der Waals surface area contributed by atoms with Gasteiger partial charge >= 0.3 is 5.97 Å². The number of para-hydroxylation sites is 1. The van der Waals surface area contributed by atoms with E-state index in [9.17, 15) is 23.1 Å². The summed E-state index contributed by atoms with van der Waals surface area (Å²) in [6.45, 7) is 1.09. The molecule has 2 heterocycles. The summed E-state index contributed by atoms with van der Waals surface area (Å²) in [6.07, 6.45) is 5.42. The van der Waals surface area contributed by atoms with Gasteiger partial charge in [-0.3, -0.25) is 24.9 Å². The van der Waals surface area contributed by atoms with E-state index in [-0.39, 0.29) is 11.2 Å². The largest absolute Gasteiger partial charge is 0.480 e. The molecule has 0 saturated carbocycles. The predicted molar refractivity (Wildman–Crippen MR) is 167 cm³/mol. The maximum Gasteiger partial charge on any atom is 0.323 e. The van der Waals surface area contributed by atoms with Gasteiger partial charge in [-0.25, -0.2) is 8.42 Å². The number of carbonyl (C=O) groups excluding carboxylic acids is 1. The van der Waals surface area contributed by atoms with Crippen molar-refractivity contribution >= 4 is 32.8 Å². The molecule has 1 aromatic heterocycles. The second-order valence-corrected chi connectivity index (χ2v) is 12.1. The fraction of sp³-hybridized carbons (Fsp3) is 0.258. The predicted octanol–water partition coefficient (Wildman–Crippen LogP) is 1.91. The lowest BCUT2D eigenvalue weighted by atomic mass is 10.1. The van der Waals surface area contributed by atoms with Crippen LogP contribution in [0.1, 0.15) is 22.5 Å². The number of fused-ring (bicyclic) bond motifs is 1. The Bertz CT molecular complexity index is 1760. The van der Waals surface area contributed by atoms with Crippen LogP contribution in [0.25, 0.3) is 22.0 Å². The summed E-state index contributed by atoms with van der Waals surface area (Å²) in [4.78, 5) is 25.1. The molecule has 13 heteroatoms. The van der Waals surface area contributed by atoms with Gasteiger partial charge in [0.25, 0.3) is 5.91 Å². The first kappa shape index (κ1) is 30.9. The Morgan fingerprint density at radius 1 is 1.05 bits per heavy atom. The molecule has 0 fully saturated rings. The monoisotopic (exact) mass is 617 g/mol. The summed E-state index contributed by atoms with van der Waals surface area (Å²) in [5.41, 5.74) is 3.51. The van der Waals surface area contributed by atoms with Crippen molar-refractivity contribution in [2.24, 2.45) is 7.05 Å². The van der Waals surface area contributed by atoms with E-state index in [2.05, 4.69) is 31.1 Å². The highest BCUT2D eigenvalue weighted by molar-refractivity contribution is 7.89. The molecule has 4 aromatic rings. The smallest absolute Gasteiger partial charge is 0.323 e. The highest BCUT2D eigenvalue weighted by atomic mass is 32.2. The lowest BCUT2D eigenvalue weighted by Crippen LogP contribution is -2.53. The maximum absolute atomic E-state index is 13.2. The third kappa shape index (κ3) is 7.32. The van der Waals surface area contributed by atoms with Gasteiger partial charge in [-0.1, -0.05) is 60.7 Å². The van der Waals surface area contributed by atoms with Crippen molar-refractivity contribution in [2.45, 2.75) is 30.1 Å². The highest BCUT2D eigenvalue weighted by Gasteiger charge is 2.27. The number of benzene rings is 3. The molecular weight excluding hydrogens is 582 g/mol. The topological polar surface area (TPSA) is 166 Å². The molecule has 230 valence electrons. The number of sulfonamides is 1. The van der Waals surface area contributed by atoms with E-state index in [1.165, 1.54) is 12.1 Å². The second-order valence-electron chi connectivity index (χ2n) is 10.4. The minimum atomic E-state index is -4.19. The van der Waals surface area contributed by atoms with Gasteiger partial charge < -0.3 is 15.7 Å². The number of nitrogens with zero attached hydrogens (tertiary/aromatic N) is 2. The van der Waals surface area contributed by atoms with Crippen LogP contribution >= 0.6 is 0 Å². The summed E-state index contributed by atoms with van der Waals surface area (Å²) in [7, 11) is -2.43. The first-order valence-electron chi connectivity index (χ1n) is 14.2. The summed E-state index contributed by atoms with van der Waals surface area (Å²) < 4.78 is 29.9. The Morgan fingerprint density at radius 3 is 2.50 bits per heavy atom. The summed E-state index contributed by atoms with van der Waals surface area (Å²) in [5, 5.41) is 27.6. The minimum absolute atomic E-state index is 0.00932. The number of aliphatic carboxylic acids is 1. The molecule has 5 rings (SSSR count). The van der Waals surface area contributed by atoms with Crippen LogP contribution in [0.2, 0.25) is 0 Å². The lowest BCUT2D eigenvalue weighted by molar-refractivity contribution is -0.138. The molecule has 6 N–H and O–H groups in total. The SMILES string of the molecule is Cn1nc(CCCNC2NC=CCN2)c2cccc(C(=O)NCC(NS(=O)(=O)c3ccc(-c4ccccc4)cc3)C(=O)O)c21. The Labute approximate surface area is 255 Å². The summed E-state index contributed by atoms with van der Waals surface area (Å²) >= 11 is 0. The zero-order valence-electron chi connectivity index (χ0n) is 24.2. The molecule has 0 aliphatic carbocycles. The summed E-state index contributed by atoms with van der Waals surface area (Å²) in [5.74, 6) is -1.95. The maximum atomic E-state index is 13.2. The van der Waals surface area contributed by atoms with Gasteiger partial charge in [0.15, 0.2) is 0 Å². The molecule has 2 atom stereocenters. The van der Waals surface area contributed by atoms with Gasteiger partial charge in [-0.15, -0.1) is 0 Å². The molecule has 1 amide bonds. The molecule has 1 aliphatic heterocycles. The van der Waals surface area contributed by atoms with E-state index >= 15 is 0 Å². The Kier molecular flexibility index (Phi) is 9.70. The molecule has 0 spiro atoms. The van der Waals surface area contributed by atoms with Gasteiger partial charge in [-0.2, -0.15) is 9.82 Å². The van der Waals surface area contributed by atoms with E-state index in [0.29, 0.717) is 17.5 Å². The Hall–Kier alpha value is -4.56. The van der Waals surface area contributed by atoms with Crippen LogP contribution in [0.5, 0.6) is 0 Å². The van der Waals surface area contributed by atoms with Crippen molar-refractivity contribution in [2.75, 3.05) is 19.6 Å². The Morgan fingerprint density at radius 2 is 1.80 bits per heavy atom. The molecular formula is C31H35N7O5S. The molecule has 0 radical (unpaired) electrons. The molecule has 2 unspecified atom stereocenters. The second kappa shape index (κ2) is 13.8. The zero-order valence-corrected chi connectivity index (χ0v) is 25.0. The van der Waals surface area contributed by atoms with E-state index in [1.807, 2.05) is 48.7 Å². The summed E-state index contributed by atoms with van der Waals surface area (Å²) in [6, 6.07) is 19.3. The van der Waals surface area contributed by atoms with Crippen LogP contribution in [0.4, 0.5) is 0 Å². The van der Waals surface area contributed by atoms with Crippen molar-refractivity contribution < 1.29 is 23.1 Å². The number of rotatable bonds is 13. The molecule has 0 saturated heterocycles. The number of carbonyl (C=O) groups is 2. The van der Waals surface area contributed by atoms with E-state index in [4.69, 9.17) is 0 Å². The van der Waals surface area contributed by atoms with Crippen molar-refractivity contribution in [1.29, 1.82) is 0 Å². The molecule has 1 aliphatic rings. The lowest BCUT2D eigenvalue weighted by Gasteiger charge is -2.22. The first-order valence-corrected chi connectivity index (χ1v) is 15.7. The van der Waals surface area contributed by atoms with Crippen molar-refractivity contribution in [3.8, 4) is 11.1 Å². The number of nitrogens with one attached hydrogen (secondary N) is 5. The van der Waals surface area contributed by atoms with Crippen molar-refractivity contribution in [3.63, 3.8) is 0 Å². The van der Waals surface area contributed by atoms with E-state index in [0.717, 1.165) is 41.7 Å². The molecule has 44 heavy (non-hydrogen) atoms. The number of aryl methyl sites for hydroxylation is 2. The van der Waals surface area contributed by atoms with Crippen LogP contribution in [-0.2, 0) is 28.3 Å². The standard InChI is InChI=1S/C31H35N7O5S/c1-38-28-24(26(36-38)12-6-17-32-31-33-18-7-19-34-31)10-5-11-25(28)29(39)35-20-27(30(40)41)37-44(42,43)23-15-13-22(14-16-23)21-8-3-2-4-9-21/h2-5,7-11,13-16,18,27,31-34,37H,6,12,17,19-20H2,1H3,(H,35,39)(H,40,41). The quantitative estimate of drug-likeness (QED) is 0.123. The molecule has 0 bridgehead atoms. The number of amides is 1. The van der Waals surface area contributed by atoms with Crippen molar-refractivity contribution in [1.82, 2.24) is 35.8 Å². The van der Waals surface area contributed by atoms with Gasteiger partial charge in [0, 0.05) is 25.5 Å². The van der Waals surface area contributed by atoms with E-state index in [1.54, 1.807) is 36.0 Å². The number of hydrogen-bond acceptors (Lipinski definition) is 8. The average Bonchev–Trinajstić information content (AvgIpc) is 3.37. The van der Waals surface area contributed by atoms with Gasteiger partial charge in [0.1, 0.15) is 12.3 Å². The Balaban J connectivity index is 1.22. The van der Waals surface area contributed by atoms with Crippen LogP contribution in [0.3, 0.4) is 0 Å². The zero-order chi connectivity index (χ0) is 31.1. The third-order valence-electron chi connectivity index (χ3n) is 7.28. The minimum Gasteiger partial charge on any atom is -0.480 e. The average molecular weight is 618 g/mol. The van der Waals surface area contributed by atoms with Crippen LogP contribution in [0, 0.1) is 0 Å². The molecule has 12 nitrogen and oxygen atoms in total. The van der Waals surface area contributed by atoms with Crippen molar-refractivity contribution in [3.05, 3.63) is 96.3 Å². The van der Waals surface area contributed by atoms with E-state index < -0.39 is 34.5 Å². The van der Waals surface area contributed by atoms with Gasteiger partial charge in [0.05, 0.1) is 21.7 Å². The van der Waals surface area contributed by atoms with Crippen LogP contribution < -0.4 is 26.0 Å². The van der Waals surface area contributed by atoms with Crippen LogP contribution in [-0.4, -0.2) is 67.1 Å². The number of hydrogen-bond donors (Lipinski definition) is 6. The first-order chi connectivity index (χ1) is 21.2. The normalized spacial score (nSPS) is 15.5. The number of carboxylic acids is 1. The number of aromatic nitrogens is 2. The molecule has 3 aromatic carbocycles. The van der Waals surface area contributed by atoms with Gasteiger partial charge in [-0.05, 0) is 54.9 Å².